The predicted molar refractivity (Wildman–Crippen MR) is 57.8 cm³/mol. The lowest BCUT2D eigenvalue weighted by Crippen LogP contribution is -2.47. The zero-order valence-corrected chi connectivity index (χ0v) is 10.1. The van der Waals surface area contributed by atoms with E-state index in [2.05, 4.69) is 0 Å². The van der Waals surface area contributed by atoms with Crippen molar-refractivity contribution in [2.45, 2.75) is 40.7 Å². The topological polar surface area (TPSA) is 52.3 Å². The van der Waals surface area contributed by atoms with Gasteiger partial charge in [-0.2, -0.15) is 0 Å². The maximum absolute atomic E-state index is 11.5. The summed E-state index contributed by atoms with van der Waals surface area (Å²) in [6.07, 6.45) is 0. The van der Waals surface area contributed by atoms with E-state index in [1.165, 1.54) is 7.11 Å². The first kappa shape index (κ1) is 13.4. The summed E-state index contributed by atoms with van der Waals surface area (Å²) in [6.45, 7) is 10.1. The molecule has 14 heavy (non-hydrogen) atoms. The van der Waals surface area contributed by atoms with Crippen LogP contribution in [0.4, 0.5) is 0 Å². The van der Waals surface area contributed by atoms with Crippen LogP contribution in [0.5, 0.6) is 0 Å². The minimum atomic E-state index is -0.222. The number of rotatable bonds is 3. The lowest BCUT2D eigenvalue weighted by Gasteiger charge is -2.34. The second-order valence-electron chi connectivity index (χ2n) is 5.18. The molecule has 0 amide bonds. The van der Waals surface area contributed by atoms with Crippen LogP contribution in [0.2, 0.25) is 0 Å². The molecule has 84 valence electrons. The normalized spacial score (nSPS) is 16.6. The van der Waals surface area contributed by atoms with Crippen LogP contribution in [0, 0.1) is 17.3 Å². The molecule has 0 spiro atoms. The fourth-order valence-corrected chi connectivity index (χ4v) is 1.51. The van der Waals surface area contributed by atoms with Gasteiger partial charge in [0.05, 0.1) is 13.0 Å². The van der Waals surface area contributed by atoms with Crippen molar-refractivity contribution in [1.82, 2.24) is 0 Å². The number of hydrogen-bond acceptors (Lipinski definition) is 3. The minimum Gasteiger partial charge on any atom is -0.469 e. The lowest BCUT2D eigenvalue weighted by molar-refractivity contribution is -0.149. The summed E-state index contributed by atoms with van der Waals surface area (Å²) >= 11 is 0. The molecule has 0 aliphatic heterocycles. The van der Waals surface area contributed by atoms with Gasteiger partial charge in [0.25, 0.3) is 0 Å². The summed E-state index contributed by atoms with van der Waals surface area (Å²) in [6, 6.07) is -0.171. The van der Waals surface area contributed by atoms with Crippen LogP contribution < -0.4 is 5.73 Å². The number of ether oxygens (including phenoxy) is 1. The van der Waals surface area contributed by atoms with Gasteiger partial charge >= 0.3 is 5.97 Å². The third kappa shape index (κ3) is 3.29. The highest BCUT2D eigenvalue weighted by atomic mass is 16.5. The van der Waals surface area contributed by atoms with Crippen LogP contribution in [0.3, 0.4) is 0 Å². The molecule has 3 nitrogen and oxygen atoms in total. The highest BCUT2D eigenvalue weighted by Gasteiger charge is 2.36. The van der Waals surface area contributed by atoms with Crippen molar-refractivity contribution in [3.63, 3.8) is 0 Å². The van der Waals surface area contributed by atoms with Crippen molar-refractivity contribution in [3.8, 4) is 0 Å². The number of hydrogen-bond donors (Lipinski definition) is 1. The summed E-state index contributed by atoms with van der Waals surface area (Å²) in [5, 5.41) is 0. The van der Waals surface area contributed by atoms with Gasteiger partial charge in [0.15, 0.2) is 0 Å². The van der Waals surface area contributed by atoms with Gasteiger partial charge in [0.1, 0.15) is 0 Å². The Morgan fingerprint density at radius 2 is 1.71 bits per heavy atom. The molecule has 0 fully saturated rings. The summed E-state index contributed by atoms with van der Waals surface area (Å²) in [5.74, 6) is -0.223. The Morgan fingerprint density at radius 1 is 1.29 bits per heavy atom. The second-order valence-corrected chi connectivity index (χ2v) is 5.18. The SMILES string of the molecule is COC(=O)C(C(C)C)C(N)C(C)(C)C. The molecule has 0 aliphatic carbocycles. The van der Waals surface area contributed by atoms with E-state index >= 15 is 0 Å². The first-order valence-corrected chi connectivity index (χ1v) is 5.05. The smallest absolute Gasteiger partial charge is 0.310 e. The van der Waals surface area contributed by atoms with E-state index < -0.39 is 0 Å². The molecule has 0 aromatic heterocycles. The van der Waals surface area contributed by atoms with Crippen LogP contribution in [0.15, 0.2) is 0 Å². The first-order valence-electron chi connectivity index (χ1n) is 5.05. The van der Waals surface area contributed by atoms with Gasteiger partial charge in [0, 0.05) is 6.04 Å². The first-order chi connectivity index (χ1) is 6.21. The van der Waals surface area contributed by atoms with Crippen molar-refractivity contribution in [3.05, 3.63) is 0 Å². The molecule has 0 saturated carbocycles. The average molecular weight is 201 g/mol. The highest BCUT2D eigenvalue weighted by molar-refractivity contribution is 5.73. The van der Waals surface area contributed by atoms with Crippen molar-refractivity contribution in [2.24, 2.45) is 23.0 Å². The van der Waals surface area contributed by atoms with Gasteiger partial charge in [-0.1, -0.05) is 34.6 Å². The molecule has 0 heterocycles. The zero-order chi connectivity index (χ0) is 11.5. The Morgan fingerprint density at radius 3 is 1.93 bits per heavy atom. The van der Waals surface area contributed by atoms with Crippen molar-refractivity contribution in [2.75, 3.05) is 7.11 Å². The molecule has 0 aliphatic rings. The number of methoxy groups -OCH3 is 1. The van der Waals surface area contributed by atoms with Crippen LogP contribution in [-0.4, -0.2) is 19.1 Å². The molecule has 2 atom stereocenters. The Hall–Kier alpha value is -0.570. The molecule has 2 unspecified atom stereocenters. The third-order valence-corrected chi connectivity index (χ3v) is 2.58. The van der Waals surface area contributed by atoms with Crippen molar-refractivity contribution < 1.29 is 9.53 Å². The predicted octanol–water partition coefficient (Wildman–Crippen LogP) is 1.80. The second kappa shape index (κ2) is 4.78. The van der Waals surface area contributed by atoms with Gasteiger partial charge in [0.2, 0.25) is 0 Å². The Kier molecular flexibility index (Phi) is 4.59. The number of esters is 1. The molecule has 0 saturated heterocycles. The van der Waals surface area contributed by atoms with Crippen LogP contribution in [0.1, 0.15) is 34.6 Å². The van der Waals surface area contributed by atoms with E-state index in [1.54, 1.807) is 0 Å². The Balaban J connectivity index is 4.75. The molecule has 0 bridgehead atoms. The summed E-state index contributed by atoms with van der Waals surface area (Å²) < 4.78 is 4.77. The fraction of sp³-hybridized carbons (Fsp3) is 0.909. The molecule has 0 radical (unpaired) electrons. The largest absolute Gasteiger partial charge is 0.469 e. The Bertz CT molecular complexity index is 194. The maximum Gasteiger partial charge on any atom is 0.310 e. The van der Waals surface area contributed by atoms with Gasteiger partial charge in [-0.3, -0.25) is 4.79 Å². The fourth-order valence-electron chi connectivity index (χ4n) is 1.51. The molecule has 0 rings (SSSR count). The standard InChI is InChI=1S/C11H23NO2/c1-7(2)8(10(13)14-6)9(12)11(3,4)5/h7-9H,12H2,1-6H3. The van der Waals surface area contributed by atoms with Crippen LogP contribution in [0.25, 0.3) is 0 Å². The summed E-state index contributed by atoms with van der Waals surface area (Å²) in [4.78, 5) is 11.5. The van der Waals surface area contributed by atoms with Crippen molar-refractivity contribution in [1.29, 1.82) is 0 Å². The van der Waals surface area contributed by atoms with E-state index in [0.29, 0.717) is 0 Å². The Labute approximate surface area is 87.0 Å². The minimum absolute atomic E-state index is 0.0802. The van der Waals surface area contributed by atoms with E-state index in [4.69, 9.17) is 10.5 Å². The maximum atomic E-state index is 11.5. The average Bonchev–Trinajstić information content (AvgIpc) is 2.01. The number of carbonyl (C=O) groups is 1. The van der Waals surface area contributed by atoms with Crippen LogP contribution >= 0.6 is 0 Å². The molecule has 0 aromatic rings. The molecule has 3 heteroatoms. The molecule has 2 N–H and O–H groups in total. The third-order valence-electron chi connectivity index (χ3n) is 2.58. The van der Waals surface area contributed by atoms with E-state index in [-0.39, 0.29) is 29.3 Å². The van der Waals surface area contributed by atoms with E-state index in [9.17, 15) is 4.79 Å². The van der Waals surface area contributed by atoms with Crippen LogP contribution in [-0.2, 0) is 9.53 Å². The lowest BCUT2D eigenvalue weighted by atomic mass is 9.75. The molecular weight excluding hydrogens is 178 g/mol. The van der Waals surface area contributed by atoms with Gasteiger partial charge in [-0.15, -0.1) is 0 Å². The summed E-state index contributed by atoms with van der Waals surface area (Å²) in [5.41, 5.74) is 5.99. The van der Waals surface area contributed by atoms with Gasteiger partial charge < -0.3 is 10.5 Å². The van der Waals surface area contributed by atoms with Crippen molar-refractivity contribution >= 4 is 5.97 Å². The molecule has 0 aromatic carbocycles. The number of nitrogens with two attached hydrogens (primary N) is 1. The van der Waals surface area contributed by atoms with Gasteiger partial charge in [-0.05, 0) is 11.3 Å². The quantitative estimate of drug-likeness (QED) is 0.708. The van der Waals surface area contributed by atoms with Gasteiger partial charge in [-0.25, -0.2) is 0 Å². The summed E-state index contributed by atoms with van der Waals surface area (Å²) in [7, 11) is 1.41. The van der Waals surface area contributed by atoms with E-state index in [0.717, 1.165) is 0 Å². The monoisotopic (exact) mass is 201 g/mol. The highest BCUT2D eigenvalue weighted by Crippen LogP contribution is 2.28. The number of carbonyl (C=O) groups excluding carboxylic acids is 1. The zero-order valence-electron chi connectivity index (χ0n) is 10.1. The van der Waals surface area contributed by atoms with E-state index in [1.807, 2.05) is 34.6 Å². The molecular formula is C11H23NO2.